The molecule has 5 aromatic heterocycles. The summed E-state index contributed by atoms with van der Waals surface area (Å²) in [5.74, 6) is 0. The van der Waals surface area contributed by atoms with Crippen molar-refractivity contribution in [1.29, 1.82) is 10.5 Å². The maximum absolute atomic E-state index is 12.8. The Hall–Kier alpha value is -11.6. The summed E-state index contributed by atoms with van der Waals surface area (Å²) in [7, 11) is 0. The van der Waals surface area contributed by atoms with Crippen molar-refractivity contribution in [3.05, 3.63) is 266 Å². The SMILES string of the molecule is N#Cc1c(-n2c3ccccc3c3ccccc32)c(C#N)c(-n2c3ccccc3c3ccccc32)c(-n2c3cccc(-c4cc5ccccc5c5ccccc45)c3c3ccc4oc5ccccc5c4c32)c1-n1c2ccccc2c2ccccc21. The van der Waals surface area contributed by atoms with Gasteiger partial charge >= 0.3 is 0 Å². The van der Waals surface area contributed by atoms with E-state index in [2.05, 4.69) is 261 Å². The first-order valence-corrected chi connectivity index (χ1v) is 28.0. The molecule has 0 aliphatic carbocycles. The third-order valence-corrected chi connectivity index (χ3v) is 17.6. The molecule has 7 nitrogen and oxygen atoms in total. The van der Waals surface area contributed by atoms with Gasteiger partial charge in [0.1, 0.15) is 34.4 Å². The number of benzene rings is 13. The van der Waals surface area contributed by atoms with Crippen molar-refractivity contribution in [2.24, 2.45) is 0 Å². The molecule has 18 aromatic rings. The van der Waals surface area contributed by atoms with E-state index in [4.69, 9.17) is 4.42 Å². The maximum atomic E-state index is 12.8. The molecule has 0 unspecified atom stereocenters. The van der Waals surface area contributed by atoms with E-state index in [9.17, 15) is 10.5 Å². The van der Waals surface area contributed by atoms with Crippen molar-refractivity contribution in [3.8, 4) is 46.0 Å². The van der Waals surface area contributed by atoms with Crippen LogP contribution in [0, 0.1) is 22.7 Å². The Balaban J connectivity index is 1.17. The molecule has 0 bridgehead atoms. The number of nitriles is 2. The normalized spacial score (nSPS) is 12.1. The molecule has 382 valence electrons. The first kappa shape index (κ1) is 45.2. The van der Waals surface area contributed by atoms with Crippen LogP contribution in [-0.2, 0) is 0 Å². The van der Waals surface area contributed by atoms with Gasteiger partial charge in [0.25, 0.3) is 0 Å². The number of furan rings is 1. The van der Waals surface area contributed by atoms with Crippen LogP contribution in [0.4, 0.5) is 0 Å². The van der Waals surface area contributed by atoms with Gasteiger partial charge in [-0.15, -0.1) is 0 Å². The summed E-state index contributed by atoms with van der Waals surface area (Å²) >= 11 is 0. The second-order valence-corrected chi connectivity index (χ2v) is 21.6. The van der Waals surface area contributed by atoms with E-state index in [0.717, 1.165) is 131 Å². The number of hydrogen-bond donors (Lipinski definition) is 0. The van der Waals surface area contributed by atoms with E-state index >= 15 is 0 Å². The molecular formula is C76H42N6O. The van der Waals surface area contributed by atoms with Gasteiger partial charge < -0.3 is 22.7 Å². The number of hydrogen-bond acceptors (Lipinski definition) is 3. The van der Waals surface area contributed by atoms with E-state index < -0.39 is 0 Å². The highest BCUT2D eigenvalue weighted by atomic mass is 16.3. The van der Waals surface area contributed by atoms with Crippen LogP contribution in [0.1, 0.15) is 11.1 Å². The van der Waals surface area contributed by atoms with Crippen molar-refractivity contribution < 1.29 is 4.42 Å². The fourth-order valence-electron chi connectivity index (χ4n) is 14.4. The summed E-state index contributed by atoms with van der Waals surface area (Å²) in [4.78, 5) is 0. The monoisotopic (exact) mass is 1050 g/mol. The largest absolute Gasteiger partial charge is 0.456 e. The van der Waals surface area contributed by atoms with Gasteiger partial charge in [-0.25, -0.2) is 0 Å². The summed E-state index contributed by atoms with van der Waals surface area (Å²) in [6.45, 7) is 0. The molecule has 7 heteroatoms. The van der Waals surface area contributed by atoms with E-state index in [-0.39, 0.29) is 0 Å². The fourth-order valence-corrected chi connectivity index (χ4v) is 14.4. The molecule has 13 aromatic carbocycles. The average Bonchev–Trinajstić information content (AvgIpc) is 1.91. The Morgan fingerprint density at radius 3 is 1.18 bits per heavy atom. The zero-order valence-electron chi connectivity index (χ0n) is 44.3. The summed E-state index contributed by atoms with van der Waals surface area (Å²) in [5.41, 5.74) is 14.0. The van der Waals surface area contributed by atoms with E-state index in [1.807, 2.05) is 24.3 Å². The van der Waals surface area contributed by atoms with Crippen LogP contribution < -0.4 is 0 Å². The van der Waals surface area contributed by atoms with Gasteiger partial charge in [0.2, 0.25) is 0 Å². The van der Waals surface area contributed by atoms with Crippen LogP contribution in [-0.4, -0.2) is 18.3 Å². The van der Waals surface area contributed by atoms with Gasteiger partial charge in [0.05, 0.1) is 72.3 Å². The molecule has 0 aliphatic rings. The van der Waals surface area contributed by atoms with Crippen molar-refractivity contribution in [2.45, 2.75) is 0 Å². The average molecular weight is 1060 g/mol. The van der Waals surface area contributed by atoms with Crippen molar-refractivity contribution >= 4 is 131 Å². The lowest BCUT2D eigenvalue weighted by Crippen LogP contribution is -2.17. The zero-order valence-corrected chi connectivity index (χ0v) is 44.3. The molecule has 0 saturated heterocycles. The third-order valence-electron chi connectivity index (χ3n) is 17.6. The summed E-state index contributed by atoms with van der Waals surface area (Å²) in [6, 6.07) is 95.5. The highest BCUT2D eigenvalue weighted by Crippen LogP contribution is 2.52. The summed E-state index contributed by atoms with van der Waals surface area (Å²) in [6.07, 6.45) is 0. The number of aromatic nitrogens is 4. The standard InChI is InChI=1S/C76H42N6O/c77-43-59-72(79-61-32-12-5-24-49(61)50-25-6-13-33-62(50)79)60(44-78)75(81-65-36-16-9-28-53(65)54-29-10-17-37-66(54)81)76(74(59)80-63-34-14-7-26-51(63)52-27-8-15-35-64(52)80)82-67-38-19-31-55(58-42-45-20-1-2-21-46(45)47-22-3-4-23-48(47)58)70(67)57-40-41-69-71(73(57)82)56-30-11-18-39-68(56)83-69/h1-42H. The minimum absolute atomic E-state index is 0.343. The molecule has 0 radical (unpaired) electrons. The van der Waals surface area contributed by atoms with Crippen LogP contribution >= 0.6 is 0 Å². The number of nitrogens with zero attached hydrogens (tertiary/aromatic N) is 6. The van der Waals surface area contributed by atoms with Crippen LogP contribution in [0.25, 0.3) is 165 Å². The number of fused-ring (bicyclic) bond motifs is 19. The molecule has 83 heavy (non-hydrogen) atoms. The maximum Gasteiger partial charge on any atom is 0.137 e. The Morgan fingerprint density at radius 1 is 0.265 bits per heavy atom. The van der Waals surface area contributed by atoms with E-state index in [1.54, 1.807) is 0 Å². The van der Waals surface area contributed by atoms with Gasteiger partial charge in [0, 0.05) is 48.5 Å². The Bertz CT molecular complexity index is 5670. The second-order valence-electron chi connectivity index (χ2n) is 21.6. The summed E-state index contributed by atoms with van der Waals surface area (Å²) in [5, 5.41) is 40.3. The molecule has 0 N–H and O–H groups in total. The predicted molar refractivity (Wildman–Crippen MR) is 341 cm³/mol. The van der Waals surface area contributed by atoms with Crippen LogP contribution in [0.2, 0.25) is 0 Å². The number of para-hydroxylation sites is 7. The zero-order chi connectivity index (χ0) is 54.6. The third kappa shape index (κ3) is 5.99. The Morgan fingerprint density at radius 2 is 0.675 bits per heavy atom. The van der Waals surface area contributed by atoms with Crippen LogP contribution in [0.15, 0.2) is 259 Å². The van der Waals surface area contributed by atoms with Crippen LogP contribution in [0.3, 0.4) is 0 Å². The molecule has 0 amide bonds. The molecular weight excluding hydrogens is 1010 g/mol. The van der Waals surface area contributed by atoms with Crippen molar-refractivity contribution in [1.82, 2.24) is 18.3 Å². The lowest BCUT2D eigenvalue weighted by Gasteiger charge is -2.27. The molecule has 18 rings (SSSR count). The second kappa shape index (κ2) is 16.9. The van der Waals surface area contributed by atoms with Gasteiger partial charge in [0.15, 0.2) is 0 Å². The summed E-state index contributed by atoms with van der Waals surface area (Å²) < 4.78 is 16.1. The van der Waals surface area contributed by atoms with Crippen molar-refractivity contribution in [3.63, 3.8) is 0 Å². The Labute approximate surface area is 473 Å². The van der Waals surface area contributed by atoms with Gasteiger partial charge in [-0.2, -0.15) is 10.5 Å². The minimum atomic E-state index is 0.343. The highest BCUT2D eigenvalue weighted by Gasteiger charge is 2.35. The molecule has 0 fully saturated rings. The molecule has 0 spiro atoms. The fraction of sp³-hybridized carbons (Fsp3) is 0. The molecule has 0 atom stereocenters. The van der Waals surface area contributed by atoms with Gasteiger partial charge in [-0.3, -0.25) is 0 Å². The lowest BCUT2D eigenvalue weighted by atomic mass is 9.91. The number of rotatable bonds is 5. The van der Waals surface area contributed by atoms with Crippen LogP contribution in [0.5, 0.6) is 0 Å². The minimum Gasteiger partial charge on any atom is -0.456 e. The predicted octanol–water partition coefficient (Wildman–Crippen LogP) is 19.7. The van der Waals surface area contributed by atoms with E-state index in [0.29, 0.717) is 33.9 Å². The lowest BCUT2D eigenvalue weighted by molar-refractivity contribution is 0.669. The smallest absolute Gasteiger partial charge is 0.137 e. The quantitative estimate of drug-likeness (QED) is 0.161. The first-order valence-electron chi connectivity index (χ1n) is 28.0. The topological polar surface area (TPSA) is 80.4 Å². The molecule has 0 aliphatic heterocycles. The molecule has 5 heterocycles. The van der Waals surface area contributed by atoms with Crippen molar-refractivity contribution in [2.75, 3.05) is 0 Å². The molecule has 0 saturated carbocycles. The highest BCUT2D eigenvalue weighted by molar-refractivity contribution is 6.29. The van der Waals surface area contributed by atoms with E-state index in [1.165, 1.54) is 10.8 Å². The first-order chi connectivity index (χ1) is 41.2. The Kier molecular flexibility index (Phi) is 9.23. The van der Waals surface area contributed by atoms with Gasteiger partial charge in [-0.1, -0.05) is 188 Å². The van der Waals surface area contributed by atoms with Gasteiger partial charge in [-0.05, 0) is 99.4 Å².